The van der Waals surface area contributed by atoms with Gasteiger partial charge in [0.2, 0.25) is 0 Å². The lowest BCUT2D eigenvalue weighted by Crippen LogP contribution is -2.29. The van der Waals surface area contributed by atoms with Crippen molar-refractivity contribution in [3.05, 3.63) is 70.5 Å². The van der Waals surface area contributed by atoms with E-state index in [9.17, 15) is 9.59 Å². The summed E-state index contributed by atoms with van der Waals surface area (Å²) in [7, 11) is 0. The van der Waals surface area contributed by atoms with E-state index in [0.29, 0.717) is 10.9 Å². The largest absolute Gasteiger partial charge is 0.442 e. The fourth-order valence-electron chi connectivity index (χ4n) is 2.92. The Kier molecular flexibility index (Phi) is 5.41. The normalized spacial score (nSPS) is 13.3. The number of nitrogens with zero attached hydrogens (tertiary/aromatic N) is 3. The van der Waals surface area contributed by atoms with Crippen LogP contribution in [0.1, 0.15) is 31.7 Å². The van der Waals surface area contributed by atoms with Gasteiger partial charge in [-0.05, 0) is 23.6 Å². The molecule has 0 bridgehead atoms. The third-order valence-electron chi connectivity index (χ3n) is 4.58. The molecule has 1 heterocycles. The molecule has 0 fully saturated rings. The van der Waals surface area contributed by atoms with Gasteiger partial charge >= 0.3 is 5.97 Å². The molecular weight excluding hydrogens is 330 g/mol. The molecule has 0 saturated heterocycles. The van der Waals surface area contributed by atoms with Crippen molar-refractivity contribution in [1.82, 2.24) is 15.0 Å². The Morgan fingerprint density at radius 3 is 2.54 bits per heavy atom. The smallest absolute Gasteiger partial charge is 0.315 e. The van der Waals surface area contributed by atoms with Crippen LogP contribution in [0.3, 0.4) is 0 Å². The number of fused-ring (bicyclic) bond motifs is 1. The van der Waals surface area contributed by atoms with Crippen LogP contribution in [0, 0.1) is 5.92 Å². The lowest BCUT2D eigenvalue weighted by molar-refractivity contribution is -0.151. The van der Waals surface area contributed by atoms with E-state index in [4.69, 9.17) is 4.74 Å². The van der Waals surface area contributed by atoms with Crippen molar-refractivity contribution in [2.75, 3.05) is 0 Å². The predicted molar refractivity (Wildman–Crippen MR) is 98.5 cm³/mol. The van der Waals surface area contributed by atoms with Crippen molar-refractivity contribution in [2.24, 2.45) is 5.92 Å². The van der Waals surface area contributed by atoms with Crippen molar-refractivity contribution in [1.29, 1.82) is 0 Å². The zero-order chi connectivity index (χ0) is 18.5. The molecule has 26 heavy (non-hydrogen) atoms. The van der Waals surface area contributed by atoms with Crippen molar-refractivity contribution in [2.45, 2.75) is 32.9 Å². The first-order valence-electron chi connectivity index (χ1n) is 8.66. The first kappa shape index (κ1) is 17.8. The van der Waals surface area contributed by atoms with Crippen LogP contribution in [0.5, 0.6) is 0 Å². The molecule has 0 aliphatic rings. The minimum absolute atomic E-state index is 0.115. The van der Waals surface area contributed by atoms with Crippen LogP contribution >= 0.6 is 0 Å². The van der Waals surface area contributed by atoms with E-state index in [1.54, 1.807) is 24.3 Å². The van der Waals surface area contributed by atoms with E-state index in [-0.39, 0.29) is 30.1 Å². The van der Waals surface area contributed by atoms with Crippen LogP contribution in [-0.2, 0) is 16.3 Å². The first-order chi connectivity index (χ1) is 12.6. The summed E-state index contributed by atoms with van der Waals surface area (Å²) in [5.74, 6) is -0.637. The van der Waals surface area contributed by atoms with E-state index in [2.05, 4.69) is 10.3 Å². The molecule has 3 aromatic rings. The average Bonchev–Trinajstić information content (AvgIpc) is 2.68. The van der Waals surface area contributed by atoms with E-state index in [1.165, 1.54) is 0 Å². The maximum Gasteiger partial charge on any atom is 0.315 e. The predicted octanol–water partition coefficient (Wildman–Crippen LogP) is 3.12. The van der Waals surface area contributed by atoms with E-state index in [1.807, 2.05) is 44.2 Å². The maximum atomic E-state index is 12.7. The fourth-order valence-corrected chi connectivity index (χ4v) is 2.92. The Bertz CT molecular complexity index is 953. The first-order valence-corrected chi connectivity index (χ1v) is 8.66. The topological polar surface area (TPSA) is 74.1 Å². The Morgan fingerprint density at radius 2 is 1.81 bits per heavy atom. The molecule has 0 radical (unpaired) electrons. The van der Waals surface area contributed by atoms with Crippen molar-refractivity contribution in [3.63, 3.8) is 0 Å². The molecule has 0 unspecified atom stereocenters. The highest BCUT2D eigenvalue weighted by molar-refractivity contribution is 5.78. The number of rotatable bonds is 6. The zero-order valence-electron chi connectivity index (χ0n) is 14.8. The quantitative estimate of drug-likeness (QED) is 0.638. The molecule has 0 amide bonds. The van der Waals surface area contributed by atoms with Gasteiger partial charge in [-0.2, -0.15) is 4.68 Å². The fraction of sp³-hybridized carbons (Fsp3) is 0.300. The third kappa shape index (κ3) is 3.64. The second-order valence-corrected chi connectivity index (χ2v) is 6.28. The Balaban J connectivity index is 1.80. The summed E-state index contributed by atoms with van der Waals surface area (Å²) in [5.41, 5.74) is 1.09. The Hall–Kier alpha value is -3.02. The van der Waals surface area contributed by atoms with E-state index in [0.717, 1.165) is 16.7 Å². The summed E-state index contributed by atoms with van der Waals surface area (Å²) in [6, 6.07) is 16.5. The zero-order valence-corrected chi connectivity index (χ0v) is 14.8. The number of ether oxygens (including phenoxy) is 1. The highest BCUT2D eigenvalue weighted by Crippen LogP contribution is 2.28. The summed E-state index contributed by atoms with van der Waals surface area (Å²) in [4.78, 5) is 25.1. The standard InChI is InChI=1S/C20H21N3O3/c1-3-14(2)18(15-9-5-4-6-10-15)20(25)26-13-23-19(24)16-11-7-8-12-17(16)21-22-23/h4-12,14,18H,3,13H2,1-2H3/t14-,18+/m1/s1. The third-order valence-corrected chi connectivity index (χ3v) is 4.58. The average molecular weight is 351 g/mol. The van der Waals surface area contributed by atoms with Crippen LogP contribution < -0.4 is 5.56 Å². The van der Waals surface area contributed by atoms with Crippen LogP contribution in [0.2, 0.25) is 0 Å². The minimum Gasteiger partial charge on any atom is -0.442 e. The van der Waals surface area contributed by atoms with Gasteiger partial charge in [0.1, 0.15) is 5.52 Å². The summed E-state index contributed by atoms with van der Waals surface area (Å²) in [5, 5.41) is 8.29. The molecule has 0 saturated carbocycles. The lowest BCUT2D eigenvalue weighted by Gasteiger charge is -2.21. The molecule has 1 aromatic heterocycles. The molecule has 2 atom stereocenters. The molecule has 134 valence electrons. The number of aromatic nitrogens is 3. The molecule has 0 aliphatic carbocycles. The second-order valence-electron chi connectivity index (χ2n) is 6.28. The van der Waals surface area contributed by atoms with Gasteiger partial charge in [-0.3, -0.25) is 9.59 Å². The van der Waals surface area contributed by atoms with Crippen molar-refractivity contribution in [3.8, 4) is 0 Å². The van der Waals surface area contributed by atoms with Crippen LogP contribution in [0.25, 0.3) is 10.9 Å². The Morgan fingerprint density at radius 1 is 1.12 bits per heavy atom. The molecule has 0 aliphatic heterocycles. The number of carbonyl (C=O) groups is 1. The van der Waals surface area contributed by atoms with Gasteiger partial charge in [0, 0.05) is 0 Å². The molecule has 0 spiro atoms. The molecular formula is C20H21N3O3. The number of hydrogen-bond acceptors (Lipinski definition) is 5. The van der Waals surface area contributed by atoms with Gasteiger partial charge in [-0.25, -0.2) is 0 Å². The van der Waals surface area contributed by atoms with E-state index < -0.39 is 0 Å². The lowest BCUT2D eigenvalue weighted by atomic mass is 9.86. The van der Waals surface area contributed by atoms with Gasteiger partial charge in [-0.1, -0.05) is 67.9 Å². The molecule has 0 N–H and O–H groups in total. The molecule has 3 rings (SSSR count). The molecule has 2 aromatic carbocycles. The summed E-state index contributed by atoms with van der Waals surface area (Å²) < 4.78 is 6.49. The summed E-state index contributed by atoms with van der Waals surface area (Å²) >= 11 is 0. The van der Waals surface area contributed by atoms with Crippen molar-refractivity contribution >= 4 is 16.9 Å². The minimum atomic E-state index is -0.384. The van der Waals surface area contributed by atoms with E-state index >= 15 is 0 Å². The number of carbonyl (C=O) groups excluding carboxylic acids is 1. The van der Waals surface area contributed by atoms with Crippen LogP contribution in [0.4, 0.5) is 0 Å². The van der Waals surface area contributed by atoms with Gasteiger partial charge < -0.3 is 4.74 Å². The summed E-state index contributed by atoms with van der Waals surface area (Å²) in [6.45, 7) is 3.80. The monoisotopic (exact) mass is 351 g/mol. The second kappa shape index (κ2) is 7.91. The van der Waals surface area contributed by atoms with Gasteiger partial charge in [0.05, 0.1) is 11.3 Å². The maximum absolute atomic E-state index is 12.7. The molecule has 6 nitrogen and oxygen atoms in total. The summed E-state index contributed by atoms with van der Waals surface area (Å²) in [6.07, 6.45) is 0.838. The van der Waals surface area contributed by atoms with Crippen molar-refractivity contribution < 1.29 is 9.53 Å². The van der Waals surface area contributed by atoms with Crippen LogP contribution in [-0.4, -0.2) is 21.0 Å². The van der Waals surface area contributed by atoms with Gasteiger partial charge in [-0.15, -0.1) is 5.10 Å². The Labute approximate surface area is 151 Å². The van der Waals surface area contributed by atoms with Crippen LogP contribution in [0.15, 0.2) is 59.4 Å². The van der Waals surface area contributed by atoms with Gasteiger partial charge in [0.25, 0.3) is 5.56 Å². The number of hydrogen-bond donors (Lipinski definition) is 0. The van der Waals surface area contributed by atoms with Gasteiger partial charge in [0.15, 0.2) is 6.73 Å². The molecule has 6 heteroatoms. The number of esters is 1. The highest BCUT2D eigenvalue weighted by atomic mass is 16.5. The SMILES string of the molecule is CC[C@@H](C)[C@H](C(=O)OCn1nnc2ccccc2c1=O)c1ccccc1. The number of benzene rings is 2. The highest BCUT2D eigenvalue weighted by Gasteiger charge is 2.27.